The molecule has 142 valence electrons. The quantitative estimate of drug-likeness (QED) is 0.781. The predicted molar refractivity (Wildman–Crippen MR) is 91.3 cm³/mol. The zero-order chi connectivity index (χ0) is 19.1. The maximum atomic E-state index is 13.8. The second kappa shape index (κ2) is 9.17. The third-order valence-corrected chi connectivity index (χ3v) is 4.41. The van der Waals surface area contributed by atoms with Crippen molar-refractivity contribution in [2.45, 2.75) is 38.6 Å². The first-order chi connectivity index (χ1) is 12.4. The highest BCUT2D eigenvalue weighted by atomic mass is 19.1. The Labute approximate surface area is 151 Å². The summed E-state index contributed by atoms with van der Waals surface area (Å²) in [5.41, 5.74) is -0.320. The van der Waals surface area contributed by atoms with Crippen molar-refractivity contribution in [3.8, 4) is 5.75 Å². The Kier molecular flexibility index (Phi) is 6.94. The van der Waals surface area contributed by atoms with Crippen LogP contribution in [0.3, 0.4) is 0 Å². The van der Waals surface area contributed by atoms with Crippen LogP contribution in [0.5, 0.6) is 5.75 Å². The molecule has 1 aromatic rings. The molecule has 0 saturated heterocycles. The lowest BCUT2D eigenvalue weighted by Gasteiger charge is -2.29. The number of nitrogens with one attached hydrogen (secondary N) is 2. The molecule has 0 aromatic heterocycles. The van der Waals surface area contributed by atoms with Gasteiger partial charge in [0.1, 0.15) is 11.6 Å². The number of esters is 1. The molecule has 7 nitrogen and oxygen atoms in total. The van der Waals surface area contributed by atoms with E-state index in [1.807, 2.05) is 0 Å². The number of carbonyl (C=O) groups excluding carboxylic acids is 3. The third-order valence-electron chi connectivity index (χ3n) is 4.41. The average Bonchev–Trinajstić information content (AvgIpc) is 2.61. The number of urea groups is 1. The monoisotopic (exact) mass is 366 g/mol. The molecule has 1 aliphatic carbocycles. The van der Waals surface area contributed by atoms with Gasteiger partial charge >= 0.3 is 12.0 Å². The van der Waals surface area contributed by atoms with E-state index >= 15 is 0 Å². The molecule has 1 aromatic carbocycles. The standard InChI is InChI=1S/C18H23FN2O5/c1-11-5-3-4-6-15(11)20-18(24)21-16(22)10-26-17(23)13-8-7-12(25-2)9-14(13)19/h7-9,11,15H,3-6,10H2,1-2H3,(H2,20,21,22,24)/t11-,15+/m1/s1. The number of amides is 3. The number of halogens is 1. The lowest BCUT2D eigenvalue weighted by molar-refractivity contribution is -0.123. The lowest BCUT2D eigenvalue weighted by Crippen LogP contribution is -2.48. The van der Waals surface area contributed by atoms with E-state index in [-0.39, 0.29) is 17.4 Å². The molecule has 0 spiro atoms. The average molecular weight is 366 g/mol. The number of hydrogen-bond donors (Lipinski definition) is 2. The third kappa shape index (κ3) is 5.44. The van der Waals surface area contributed by atoms with Gasteiger partial charge in [0, 0.05) is 12.1 Å². The van der Waals surface area contributed by atoms with Crippen molar-refractivity contribution < 1.29 is 28.2 Å². The molecule has 0 aliphatic heterocycles. The number of carbonyl (C=O) groups is 3. The molecule has 1 fully saturated rings. The Morgan fingerprint density at radius 2 is 1.96 bits per heavy atom. The summed E-state index contributed by atoms with van der Waals surface area (Å²) in [6.07, 6.45) is 4.07. The van der Waals surface area contributed by atoms with E-state index in [1.54, 1.807) is 0 Å². The van der Waals surface area contributed by atoms with Crippen molar-refractivity contribution in [2.24, 2.45) is 5.92 Å². The Hall–Kier alpha value is -2.64. The van der Waals surface area contributed by atoms with Gasteiger partial charge in [-0.2, -0.15) is 0 Å². The van der Waals surface area contributed by atoms with Crippen molar-refractivity contribution in [1.29, 1.82) is 0 Å². The van der Waals surface area contributed by atoms with Crippen molar-refractivity contribution in [3.05, 3.63) is 29.6 Å². The van der Waals surface area contributed by atoms with E-state index in [2.05, 4.69) is 17.6 Å². The van der Waals surface area contributed by atoms with Gasteiger partial charge in [-0.05, 0) is 30.9 Å². The fraction of sp³-hybridized carbons (Fsp3) is 0.500. The van der Waals surface area contributed by atoms with Crippen LogP contribution in [-0.4, -0.2) is 37.7 Å². The second-order valence-electron chi connectivity index (χ2n) is 6.31. The van der Waals surface area contributed by atoms with Crippen LogP contribution in [0.25, 0.3) is 0 Å². The van der Waals surface area contributed by atoms with Crippen molar-refractivity contribution in [3.63, 3.8) is 0 Å². The summed E-state index contributed by atoms with van der Waals surface area (Å²) >= 11 is 0. The lowest BCUT2D eigenvalue weighted by atomic mass is 9.86. The summed E-state index contributed by atoms with van der Waals surface area (Å²) in [6, 6.07) is 3.03. The molecule has 0 heterocycles. The number of hydrogen-bond acceptors (Lipinski definition) is 5. The molecule has 3 amide bonds. The van der Waals surface area contributed by atoms with E-state index < -0.39 is 30.3 Å². The van der Waals surface area contributed by atoms with Crippen LogP contribution in [0.15, 0.2) is 18.2 Å². The summed E-state index contributed by atoms with van der Waals surface area (Å²) in [5, 5.41) is 4.86. The number of benzene rings is 1. The maximum absolute atomic E-state index is 13.8. The fourth-order valence-electron chi connectivity index (χ4n) is 2.90. The predicted octanol–water partition coefficient (Wildman–Crippen LogP) is 2.40. The van der Waals surface area contributed by atoms with E-state index in [1.165, 1.54) is 19.2 Å². The minimum atomic E-state index is -0.999. The van der Waals surface area contributed by atoms with Gasteiger partial charge in [-0.15, -0.1) is 0 Å². The molecule has 1 aliphatic rings. The zero-order valence-electron chi connectivity index (χ0n) is 14.8. The van der Waals surface area contributed by atoms with Gasteiger partial charge in [0.25, 0.3) is 5.91 Å². The first-order valence-corrected chi connectivity index (χ1v) is 8.51. The van der Waals surface area contributed by atoms with Crippen LogP contribution < -0.4 is 15.4 Å². The molecule has 26 heavy (non-hydrogen) atoms. The highest BCUT2D eigenvalue weighted by Crippen LogP contribution is 2.23. The molecule has 8 heteroatoms. The van der Waals surface area contributed by atoms with Crippen molar-refractivity contribution in [1.82, 2.24) is 10.6 Å². The van der Waals surface area contributed by atoms with Gasteiger partial charge in [0.2, 0.25) is 0 Å². The molecule has 1 saturated carbocycles. The smallest absolute Gasteiger partial charge is 0.341 e. The van der Waals surface area contributed by atoms with Crippen LogP contribution in [0.1, 0.15) is 43.0 Å². The van der Waals surface area contributed by atoms with E-state index in [0.29, 0.717) is 5.92 Å². The number of methoxy groups -OCH3 is 1. The van der Waals surface area contributed by atoms with Crippen LogP contribution >= 0.6 is 0 Å². The van der Waals surface area contributed by atoms with Gasteiger partial charge < -0.3 is 14.8 Å². The summed E-state index contributed by atoms with van der Waals surface area (Å²) in [4.78, 5) is 35.4. The minimum Gasteiger partial charge on any atom is -0.497 e. The second-order valence-corrected chi connectivity index (χ2v) is 6.31. The molecule has 0 unspecified atom stereocenters. The number of rotatable bonds is 5. The van der Waals surface area contributed by atoms with Gasteiger partial charge in [0.15, 0.2) is 6.61 Å². The number of imide groups is 1. The van der Waals surface area contributed by atoms with E-state index in [9.17, 15) is 18.8 Å². The van der Waals surface area contributed by atoms with Gasteiger partial charge in [-0.1, -0.05) is 19.8 Å². The maximum Gasteiger partial charge on any atom is 0.341 e. The summed E-state index contributed by atoms with van der Waals surface area (Å²) in [6.45, 7) is 1.37. The Morgan fingerprint density at radius 3 is 2.62 bits per heavy atom. The summed E-state index contributed by atoms with van der Waals surface area (Å²) < 4.78 is 23.4. The molecular weight excluding hydrogens is 343 g/mol. The summed E-state index contributed by atoms with van der Waals surface area (Å²) in [7, 11) is 1.37. The van der Waals surface area contributed by atoms with Crippen molar-refractivity contribution in [2.75, 3.05) is 13.7 Å². The molecule has 2 atom stereocenters. The fourth-order valence-corrected chi connectivity index (χ4v) is 2.90. The van der Waals surface area contributed by atoms with Crippen LogP contribution in [0.4, 0.5) is 9.18 Å². The Balaban J connectivity index is 1.79. The first-order valence-electron chi connectivity index (χ1n) is 8.51. The Morgan fingerprint density at radius 1 is 1.23 bits per heavy atom. The highest BCUT2D eigenvalue weighted by Gasteiger charge is 2.23. The molecule has 0 radical (unpaired) electrons. The van der Waals surface area contributed by atoms with Crippen LogP contribution in [0.2, 0.25) is 0 Å². The first kappa shape index (κ1) is 19.7. The largest absolute Gasteiger partial charge is 0.497 e. The normalized spacial score (nSPS) is 19.3. The molecule has 2 rings (SSSR count). The van der Waals surface area contributed by atoms with Crippen molar-refractivity contribution >= 4 is 17.9 Å². The molecule has 0 bridgehead atoms. The highest BCUT2D eigenvalue weighted by molar-refractivity contribution is 5.97. The van der Waals surface area contributed by atoms with Gasteiger partial charge in [-0.25, -0.2) is 14.0 Å². The Bertz CT molecular complexity index is 680. The number of ether oxygens (including phenoxy) is 2. The van der Waals surface area contributed by atoms with E-state index in [0.717, 1.165) is 31.7 Å². The molecular formula is C18H23FN2O5. The van der Waals surface area contributed by atoms with E-state index in [4.69, 9.17) is 9.47 Å². The van der Waals surface area contributed by atoms with Crippen LogP contribution in [-0.2, 0) is 9.53 Å². The minimum absolute atomic E-state index is 0.0208. The topological polar surface area (TPSA) is 93.7 Å². The van der Waals surface area contributed by atoms with Gasteiger partial charge in [0.05, 0.1) is 12.7 Å². The zero-order valence-corrected chi connectivity index (χ0v) is 14.8. The van der Waals surface area contributed by atoms with Crippen LogP contribution in [0, 0.1) is 11.7 Å². The molecule has 2 N–H and O–H groups in total. The SMILES string of the molecule is COc1ccc(C(=O)OCC(=O)NC(=O)N[C@H]2CCCC[C@H]2C)c(F)c1. The summed E-state index contributed by atoms with van der Waals surface area (Å²) in [5.74, 6) is -2.00. The van der Waals surface area contributed by atoms with Gasteiger partial charge in [-0.3, -0.25) is 10.1 Å².